The summed E-state index contributed by atoms with van der Waals surface area (Å²) < 4.78 is 1.26. The fourth-order valence-electron chi connectivity index (χ4n) is 1.18. The fourth-order valence-corrected chi connectivity index (χ4v) is 2.98. The third kappa shape index (κ3) is 1.59. The van der Waals surface area contributed by atoms with Gasteiger partial charge in [-0.2, -0.15) is 0 Å². The molecule has 0 radical (unpaired) electrons. The lowest BCUT2D eigenvalue weighted by Crippen LogP contribution is -1.98. The maximum absolute atomic E-state index is 8.91. The van der Waals surface area contributed by atoms with Crippen molar-refractivity contribution in [3.05, 3.63) is 11.9 Å². The van der Waals surface area contributed by atoms with Crippen LogP contribution >= 0.6 is 19.9 Å². The highest BCUT2D eigenvalue weighted by Crippen LogP contribution is 2.25. The smallest absolute Gasteiger partial charge is 0.157 e. The van der Waals surface area contributed by atoms with Crippen molar-refractivity contribution in [2.24, 2.45) is 0 Å². The number of nitrogens with zero attached hydrogens (tertiary/aromatic N) is 2. The van der Waals surface area contributed by atoms with Crippen LogP contribution in [-0.4, -0.2) is 21.7 Å². The second-order valence-corrected chi connectivity index (χ2v) is 5.19. The van der Waals surface area contributed by atoms with E-state index in [1.807, 2.05) is 6.07 Å². The van der Waals surface area contributed by atoms with Crippen molar-refractivity contribution in [1.82, 2.24) is 9.97 Å². The maximum Gasteiger partial charge on any atom is 0.157 e. The molecule has 2 aromatic heterocycles. The molecule has 3 N–H and O–H groups in total. The predicted octanol–water partition coefficient (Wildman–Crippen LogP) is 0.699. The Balaban J connectivity index is 2.67. The van der Waals surface area contributed by atoms with E-state index < -0.39 is 0 Å². The molecule has 0 bridgehead atoms. The molecule has 0 aliphatic heterocycles. The van der Waals surface area contributed by atoms with E-state index in [1.54, 1.807) is 11.3 Å². The Morgan fingerprint density at radius 1 is 1.57 bits per heavy atom. The van der Waals surface area contributed by atoms with E-state index in [-0.39, 0.29) is 6.61 Å². The topological polar surface area (TPSA) is 72.0 Å². The van der Waals surface area contributed by atoms with E-state index in [9.17, 15) is 0 Å². The zero-order chi connectivity index (χ0) is 10.1. The number of aliphatic hydroxyl groups excluding tert-OH is 1. The maximum atomic E-state index is 8.91. The summed E-state index contributed by atoms with van der Waals surface area (Å²) in [5.41, 5.74) is 5.75. The third-order valence-electron chi connectivity index (χ3n) is 1.86. The van der Waals surface area contributed by atoms with Crippen LogP contribution in [-0.2, 0) is 6.61 Å². The number of fused-ring (bicyclic) bond motifs is 1. The molecule has 0 fully saturated rings. The number of aliphatic hydroxyl groups is 1. The Morgan fingerprint density at radius 3 is 3.00 bits per heavy atom. The Morgan fingerprint density at radius 2 is 2.36 bits per heavy atom. The van der Waals surface area contributed by atoms with Gasteiger partial charge in [-0.05, 0) is 12.7 Å². The quantitative estimate of drug-likeness (QED) is 0.741. The van der Waals surface area contributed by atoms with Crippen molar-refractivity contribution in [3.63, 3.8) is 0 Å². The minimum absolute atomic E-state index is 0.165. The molecular weight excluding hydrogens is 217 g/mol. The lowest BCUT2D eigenvalue weighted by Gasteiger charge is -1.97. The molecule has 74 valence electrons. The van der Waals surface area contributed by atoms with E-state index in [4.69, 9.17) is 10.8 Å². The number of nitrogens with two attached hydrogens (primary N) is 1. The number of hydrogen-bond acceptors (Lipinski definition) is 5. The molecule has 2 rings (SSSR count). The van der Waals surface area contributed by atoms with Crippen molar-refractivity contribution in [2.75, 3.05) is 12.4 Å². The van der Waals surface area contributed by atoms with E-state index in [1.165, 1.54) is 4.62 Å². The molecule has 6 heteroatoms. The lowest BCUT2D eigenvalue weighted by atomic mass is 10.4. The van der Waals surface area contributed by atoms with E-state index in [0.29, 0.717) is 11.6 Å². The highest BCUT2D eigenvalue weighted by atomic mass is 32.1. The van der Waals surface area contributed by atoms with Crippen LogP contribution in [0.5, 0.6) is 0 Å². The first-order valence-corrected chi connectivity index (χ1v) is 6.40. The van der Waals surface area contributed by atoms with Crippen LogP contribution in [0.15, 0.2) is 6.07 Å². The molecule has 4 nitrogen and oxygen atoms in total. The van der Waals surface area contributed by atoms with Crippen LogP contribution in [0.25, 0.3) is 10.2 Å². The molecule has 0 amide bonds. The molecule has 0 spiro atoms. The summed E-state index contributed by atoms with van der Waals surface area (Å²) in [7, 11) is 0.740. The van der Waals surface area contributed by atoms with Crippen molar-refractivity contribution < 1.29 is 5.11 Å². The molecule has 0 saturated carbocycles. The first kappa shape index (κ1) is 9.77. The second-order valence-electron chi connectivity index (χ2n) is 2.76. The first-order valence-electron chi connectivity index (χ1n) is 4.09. The number of thiophene rings is 1. The summed E-state index contributed by atoms with van der Waals surface area (Å²) in [6.45, 7) is 1.95. The van der Waals surface area contributed by atoms with E-state index in [0.717, 1.165) is 18.8 Å². The van der Waals surface area contributed by atoms with Gasteiger partial charge in [-0.1, -0.05) is 8.58 Å². The van der Waals surface area contributed by atoms with Gasteiger partial charge in [-0.3, -0.25) is 0 Å². The molecule has 2 heterocycles. The number of nitrogen functional groups attached to an aromatic ring is 1. The summed E-state index contributed by atoms with van der Waals surface area (Å²) in [5, 5.41) is 9.81. The third-order valence-corrected chi connectivity index (χ3v) is 4.25. The average molecular weight is 227 g/mol. The van der Waals surface area contributed by atoms with Gasteiger partial charge in [0.05, 0.1) is 5.39 Å². The first-order chi connectivity index (χ1) is 6.74. The molecule has 0 aliphatic rings. The van der Waals surface area contributed by atoms with Gasteiger partial charge in [0.15, 0.2) is 5.82 Å². The van der Waals surface area contributed by atoms with Crippen molar-refractivity contribution >= 4 is 40.6 Å². The summed E-state index contributed by atoms with van der Waals surface area (Å²) in [6, 6.07) is 2.02. The normalized spacial score (nSPS) is 11.9. The summed E-state index contributed by atoms with van der Waals surface area (Å²) in [5.74, 6) is 0.850. The highest BCUT2D eigenvalue weighted by Gasteiger charge is 2.08. The van der Waals surface area contributed by atoms with Crippen LogP contribution in [0.4, 0.5) is 5.82 Å². The standard InChI is InChI=1S/C8H10N3OPS/c1-13-6-2-4-7(9)10-5(3-12)11-8(4)14-6/h2,12-13H,3H2,1H3,(H2,9,10,11). The number of anilines is 1. The number of rotatable bonds is 2. The number of aromatic nitrogens is 2. The van der Waals surface area contributed by atoms with Crippen molar-refractivity contribution in [2.45, 2.75) is 6.61 Å². The molecule has 14 heavy (non-hydrogen) atoms. The average Bonchev–Trinajstić information content (AvgIpc) is 2.61. The summed E-state index contributed by atoms with van der Waals surface area (Å²) in [4.78, 5) is 9.07. The molecule has 1 atom stereocenters. The molecular formula is C8H10N3OPS. The molecule has 0 saturated heterocycles. The zero-order valence-corrected chi connectivity index (χ0v) is 9.43. The minimum atomic E-state index is -0.165. The summed E-state index contributed by atoms with van der Waals surface area (Å²) >= 11 is 1.61. The number of hydrogen-bond donors (Lipinski definition) is 2. The van der Waals surface area contributed by atoms with Crippen LogP contribution in [0.3, 0.4) is 0 Å². The van der Waals surface area contributed by atoms with Gasteiger partial charge in [0, 0.05) is 4.62 Å². The molecule has 0 aliphatic carbocycles. The minimum Gasteiger partial charge on any atom is -0.388 e. The zero-order valence-electron chi connectivity index (χ0n) is 7.61. The largest absolute Gasteiger partial charge is 0.388 e. The monoisotopic (exact) mass is 227 g/mol. The highest BCUT2D eigenvalue weighted by molar-refractivity contribution is 7.57. The predicted molar refractivity (Wildman–Crippen MR) is 61.6 cm³/mol. The Kier molecular flexibility index (Phi) is 2.63. The van der Waals surface area contributed by atoms with Crippen LogP contribution in [0, 0.1) is 0 Å². The van der Waals surface area contributed by atoms with Crippen LogP contribution in [0.2, 0.25) is 0 Å². The Bertz CT molecular complexity index is 471. The van der Waals surface area contributed by atoms with E-state index >= 15 is 0 Å². The van der Waals surface area contributed by atoms with Crippen LogP contribution in [0.1, 0.15) is 5.82 Å². The van der Waals surface area contributed by atoms with Gasteiger partial charge >= 0.3 is 0 Å². The van der Waals surface area contributed by atoms with Gasteiger partial charge in [0.1, 0.15) is 17.3 Å². The van der Waals surface area contributed by atoms with Gasteiger partial charge in [0.25, 0.3) is 0 Å². The van der Waals surface area contributed by atoms with Crippen molar-refractivity contribution in [3.8, 4) is 0 Å². The van der Waals surface area contributed by atoms with Gasteiger partial charge in [0.2, 0.25) is 0 Å². The summed E-state index contributed by atoms with van der Waals surface area (Å²) in [6.07, 6.45) is 0. The Labute approximate surface area is 87.0 Å². The van der Waals surface area contributed by atoms with Gasteiger partial charge in [-0.25, -0.2) is 9.97 Å². The Hall–Kier alpha value is -0.770. The van der Waals surface area contributed by atoms with Crippen LogP contribution < -0.4 is 10.4 Å². The van der Waals surface area contributed by atoms with Crippen molar-refractivity contribution in [1.29, 1.82) is 0 Å². The second kappa shape index (κ2) is 3.77. The molecule has 1 unspecified atom stereocenters. The van der Waals surface area contributed by atoms with Gasteiger partial charge < -0.3 is 10.8 Å². The van der Waals surface area contributed by atoms with Gasteiger partial charge in [-0.15, -0.1) is 11.3 Å². The molecule has 2 aromatic rings. The fraction of sp³-hybridized carbons (Fsp3) is 0.250. The van der Waals surface area contributed by atoms with E-state index in [2.05, 4.69) is 16.6 Å². The lowest BCUT2D eigenvalue weighted by molar-refractivity contribution is 0.272. The molecule has 0 aromatic carbocycles. The SMILES string of the molecule is CPc1cc2c(N)nc(CO)nc2s1.